The molecule has 0 fully saturated rings. The van der Waals surface area contributed by atoms with Crippen molar-refractivity contribution in [3.8, 4) is 0 Å². The summed E-state index contributed by atoms with van der Waals surface area (Å²) in [6.45, 7) is 3.60. The molecule has 14 heavy (non-hydrogen) atoms. The summed E-state index contributed by atoms with van der Waals surface area (Å²) in [6.07, 6.45) is 2.27. The van der Waals surface area contributed by atoms with E-state index in [2.05, 4.69) is 0 Å². The molecule has 2 heteroatoms. The molecule has 0 aliphatic rings. The van der Waals surface area contributed by atoms with Crippen molar-refractivity contribution in [2.45, 2.75) is 20.3 Å². The van der Waals surface area contributed by atoms with Crippen LogP contribution in [0.4, 0.5) is 4.39 Å². The molecule has 0 aliphatic carbocycles. The summed E-state index contributed by atoms with van der Waals surface area (Å²) in [5, 5.41) is 0. The Labute approximate surface area is 83.3 Å². The highest BCUT2D eigenvalue weighted by Gasteiger charge is 2.00. The zero-order chi connectivity index (χ0) is 10.6. The van der Waals surface area contributed by atoms with Crippen molar-refractivity contribution < 1.29 is 9.18 Å². The molecule has 0 radical (unpaired) electrons. The number of hydrogen-bond acceptors (Lipinski definition) is 1. The zero-order valence-electron chi connectivity index (χ0n) is 8.38. The van der Waals surface area contributed by atoms with Crippen LogP contribution in [0.1, 0.15) is 25.8 Å². The molecule has 0 bridgehead atoms. The number of benzene rings is 1. The van der Waals surface area contributed by atoms with Gasteiger partial charge in [-0.05, 0) is 36.3 Å². The summed E-state index contributed by atoms with van der Waals surface area (Å²) < 4.78 is 12.6. The molecular formula is C12H13FO. The summed E-state index contributed by atoms with van der Waals surface area (Å²) in [5.41, 5.74) is 1.56. The third-order valence-electron chi connectivity index (χ3n) is 2.01. The van der Waals surface area contributed by atoms with E-state index >= 15 is 0 Å². The Morgan fingerprint density at radius 3 is 2.43 bits per heavy atom. The third kappa shape index (κ3) is 2.80. The number of halogens is 1. The fraction of sp³-hybridized carbons (Fsp3) is 0.250. The van der Waals surface area contributed by atoms with Crippen LogP contribution < -0.4 is 0 Å². The summed E-state index contributed by atoms with van der Waals surface area (Å²) in [5.74, 6) is -0.143. The van der Waals surface area contributed by atoms with Crippen LogP contribution in [0.2, 0.25) is 0 Å². The normalized spacial score (nSPS) is 11.5. The van der Waals surface area contributed by atoms with Gasteiger partial charge >= 0.3 is 0 Å². The van der Waals surface area contributed by atoms with Crippen LogP contribution >= 0.6 is 0 Å². The predicted octanol–water partition coefficient (Wildman–Crippen LogP) is 3.21. The van der Waals surface area contributed by atoms with Crippen molar-refractivity contribution in [2.24, 2.45) is 0 Å². The van der Waals surface area contributed by atoms with E-state index in [1.54, 1.807) is 25.1 Å². The summed E-state index contributed by atoms with van der Waals surface area (Å²) in [6, 6.07) is 6.08. The van der Waals surface area contributed by atoms with Crippen molar-refractivity contribution in [2.75, 3.05) is 0 Å². The maximum atomic E-state index is 12.6. The van der Waals surface area contributed by atoms with Gasteiger partial charge in [0.2, 0.25) is 0 Å². The van der Waals surface area contributed by atoms with Crippen LogP contribution in [0.5, 0.6) is 0 Å². The average Bonchev–Trinajstić information content (AvgIpc) is 2.20. The van der Waals surface area contributed by atoms with E-state index in [-0.39, 0.29) is 11.6 Å². The first-order chi connectivity index (χ1) is 6.63. The largest absolute Gasteiger partial charge is 0.295 e. The molecule has 1 nitrogen and oxygen atoms in total. The standard InChI is InChI=1S/C12H13FO/c1-3-12(14)9(2)8-10-4-6-11(13)7-5-10/h4-8H,3H2,1-2H3/b9-8+. The van der Waals surface area contributed by atoms with Crippen molar-refractivity contribution in [1.29, 1.82) is 0 Å². The number of ketones is 1. The van der Waals surface area contributed by atoms with E-state index in [1.807, 2.05) is 6.92 Å². The number of allylic oxidation sites excluding steroid dienone is 1. The number of hydrogen-bond donors (Lipinski definition) is 0. The Bertz CT molecular complexity index is 349. The molecule has 1 rings (SSSR count). The van der Waals surface area contributed by atoms with Crippen LogP contribution in [0.3, 0.4) is 0 Å². The third-order valence-corrected chi connectivity index (χ3v) is 2.01. The molecule has 0 unspecified atom stereocenters. The van der Waals surface area contributed by atoms with Gasteiger partial charge in [0.05, 0.1) is 0 Å². The Morgan fingerprint density at radius 2 is 1.93 bits per heavy atom. The van der Waals surface area contributed by atoms with Crippen molar-refractivity contribution in [1.82, 2.24) is 0 Å². The summed E-state index contributed by atoms with van der Waals surface area (Å²) in [4.78, 5) is 11.2. The Hall–Kier alpha value is -1.44. The molecule has 1 aromatic carbocycles. The number of rotatable bonds is 3. The first-order valence-corrected chi connectivity index (χ1v) is 4.60. The number of carbonyl (C=O) groups excluding carboxylic acids is 1. The number of Topliss-reactive ketones (excluding diaryl/α,β-unsaturated/α-hetero) is 1. The van der Waals surface area contributed by atoms with Gasteiger partial charge in [-0.3, -0.25) is 4.79 Å². The lowest BCUT2D eigenvalue weighted by molar-refractivity contribution is -0.115. The highest BCUT2D eigenvalue weighted by atomic mass is 19.1. The molecule has 0 heterocycles. The van der Waals surface area contributed by atoms with E-state index in [1.165, 1.54) is 12.1 Å². The topological polar surface area (TPSA) is 17.1 Å². The van der Waals surface area contributed by atoms with E-state index in [9.17, 15) is 9.18 Å². The molecule has 1 aromatic rings. The second-order valence-electron chi connectivity index (χ2n) is 3.16. The van der Waals surface area contributed by atoms with Gasteiger partial charge in [0.25, 0.3) is 0 Å². The first kappa shape index (κ1) is 10.6. The molecule has 0 saturated carbocycles. The zero-order valence-corrected chi connectivity index (χ0v) is 8.38. The molecular weight excluding hydrogens is 179 g/mol. The van der Waals surface area contributed by atoms with Gasteiger partial charge in [-0.25, -0.2) is 4.39 Å². The smallest absolute Gasteiger partial charge is 0.158 e. The van der Waals surface area contributed by atoms with Gasteiger partial charge in [0, 0.05) is 6.42 Å². The van der Waals surface area contributed by atoms with Gasteiger partial charge < -0.3 is 0 Å². The summed E-state index contributed by atoms with van der Waals surface area (Å²) in [7, 11) is 0. The molecule has 0 aliphatic heterocycles. The second kappa shape index (κ2) is 4.70. The lowest BCUT2D eigenvalue weighted by atomic mass is 10.1. The SMILES string of the molecule is CCC(=O)/C(C)=C/c1ccc(F)cc1. The minimum atomic E-state index is -0.262. The van der Waals surface area contributed by atoms with Gasteiger partial charge in [0.15, 0.2) is 5.78 Å². The Morgan fingerprint density at radius 1 is 1.36 bits per heavy atom. The summed E-state index contributed by atoms with van der Waals surface area (Å²) >= 11 is 0. The van der Waals surface area contributed by atoms with Crippen LogP contribution in [-0.2, 0) is 4.79 Å². The van der Waals surface area contributed by atoms with Gasteiger partial charge in [0.1, 0.15) is 5.82 Å². The van der Waals surface area contributed by atoms with Crippen molar-refractivity contribution in [3.05, 3.63) is 41.2 Å². The monoisotopic (exact) mass is 192 g/mol. The van der Waals surface area contributed by atoms with Gasteiger partial charge in [-0.2, -0.15) is 0 Å². The maximum absolute atomic E-state index is 12.6. The molecule has 74 valence electrons. The predicted molar refractivity (Wildman–Crippen MR) is 55.3 cm³/mol. The average molecular weight is 192 g/mol. The van der Waals surface area contributed by atoms with Crippen LogP contribution in [0.15, 0.2) is 29.8 Å². The minimum absolute atomic E-state index is 0.120. The van der Waals surface area contributed by atoms with Gasteiger partial charge in [-0.1, -0.05) is 19.1 Å². The Balaban J connectivity index is 2.86. The minimum Gasteiger partial charge on any atom is -0.295 e. The second-order valence-corrected chi connectivity index (χ2v) is 3.16. The van der Waals surface area contributed by atoms with E-state index in [0.29, 0.717) is 12.0 Å². The molecule has 0 spiro atoms. The fourth-order valence-corrected chi connectivity index (χ4v) is 1.17. The molecule has 0 N–H and O–H groups in total. The molecule has 0 amide bonds. The van der Waals surface area contributed by atoms with E-state index in [0.717, 1.165) is 5.56 Å². The van der Waals surface area contributed by atoms with Crippen LogP contribution in [0.25, 0.3) is 6.08 Å². The molecule has 0 saturated heterocycles. The lowest BCUT2D eigenvalue weighted by Crippen LogP contribution is -1.95. The maximum Gasteiger partial charge on any atom is 0.158 e. The molecule has 0 atom stereocenters. The lowest BCUT2D eigenvalue weighted by Gasteiger charge is -1.97. The molecule has 0 aromatic heterocycles. The quantitative estimate of drug-likeness (QED) is 0.672. The van der Waals surface area contributed by atoms with Crippen LogP contribution in [0, 0.1) is 5.82 Å². The van der Waals surface area contributed by atoms with Crippen molar-refractivity contribution >= 4 is 11.9 Å². The van der Waals surface area contributed by atoms with Crippen molar-refractivity contribution in [3.63, 3.8) is 0 Å². The van der Waals surface area contributed by atoms with E-state index in [4.69, 9.17) is 0 Å². The highest BCUT2D eigenvalue weighted by molar-refractivity contribution is 5.98. The first-order valence-electron chi connectivity index (χ1n) is 4.60. The highest BCUT2D eigenvalue weighted by Crippen LogP contribution is 2.09. The van der Waals surface area contributed by atoms with Gasteiger partial charge in [-0.15, -0.1) is 0 Å². The number of carbonyl (C=O) groups is 1. The Kier molecular flexibility index (Phi) is 3.57. The van der Waals surface area contributed by atoms with E-state index < -0.39 is 0 Å². The van der Waals surface area contributed by atoms with Crippen LogP contribution in [-0.4, -0.2) is 5.78 Å². The fourth-order valence-electron chi connectivity index (χ4n) is 1.17.